The summed E-state index contributed by atoms with van der Waals surface area (Å²) in [5.74, 6) is 2.73. The second-order valence-corrected chi connectivity index (χ2v) is 3.98. The van der Waals surface area contributed by atoms with Crippen molar-refractivity contribution < 1.29 is 9.47 Å². The molecule has 0 aromatic heterocycles. The van der Waals surface area contributed by atoms with Crippen molar-refractivity contribution in [2.45, 2.75) is 38.6 Å². The second kappa shape index (κ2) is 5.58. The molecule has 0 saturated heterocycles. The van der Waals surface area contributed by atoms with Crippen molar-refractivity contribution in [1.29, 1.82) is 0 Å². The van der Waals surface area contributed by atoms with E-state index < -0.39 is 0 Å². The predicted molar refractivity (Wildman–Crippen MR) is 62.6 cm³/mol. The molecule has 84 valence electrons. The number of hydrogen-bond donors (Lipinski definition) is 0. The van der Waals surface area contributed by atoms with Crippen LogP contribution in [0.2, 0.25) is 0 Å². The first-order chi connectivity index (χ1) is 7.88. The smallest absolute Gasteiger partial charge is 0.115 e. The Morgan fingerprint density at radius 2 is 1.94 bits per heavy atom. The van der Waals surface area contributed by atoms with Gasteiger partial charge in [-0.25, -0.2) is 0 Å². The minimum atomic E-state index is 0.272. The monoisotopic (exact) mass is 216 g/mol. The van der Waals surface area contributed by atoms with E-state index in [-0.39, 0.29) is 6.10 Å². The summed E-state index contributed by atoms with van der Waals surface area (Å²) < 4.78 is 11.0. The zero-order valence-corrected chi connectivity index (χ0v) is 9.48. The van der Waals surface area contributed by atoms with E-state index in [0.29, 0.717) is 12.7 Å². The maximum Gasteiger partial charge on any atom is 0.115 e. The Balaban J connectivity index is 1.64. The van der Waals surface area contributed by atoms with Gasteiger partial charge in [0.15, 0.2) is 0 Å². The maximum absolute atomic E-state index is 5.75. The van der Waals surface area contributed by atoms with Gasteiger partial charge in [-0.3, -0.25) is 0 Å². The van der Waals surface area contributed by atoms with E-state index in [2.05, 4.69) is 24.2 Å². The topological polar surface area (TPSA) is 18.5 Å². The van der Waals surface area contributed by atoms with Crippen molar-refractivity contribution in [2.75, 3.05) is 0 Å². The van der Waals surface area contributed by atoms with Gasteiger partial charge in [-0.15, -0.1) is 0 Å². The van der Waals surface area contributed by atoms with Crippen molar-refractivity contribution in [1.82, 2.24) is 0 Å². The first-order valence-corrected chi connectivity index (χ1v) is 5.61. The van der Waals surface area contributed by atoms with E-state index in [4.69, 9.17) is 9.47 Å². The summed E-state index contributed by atoms with van der Waals surface area (Å²) in [5, 5.41) is 0. The third-order valence-electron chi connectivity index (χ3n) is 2.71. The molecular formula is C14H16O2. The minimum Gasteiger partial charge on any atom is -0.443 e. The largest absolute Gasteiger partial charge is 0.443 e. The molecule has 2 nitrogen and oxygen atoms in total. The fraction of sp³-hybridized carbons (Fsp3) is 0.429. The normalized spacial score (nSPS) is 22.8. The lowest BCUT2D eigenvalue weighted by molar-refractivity contribution is -0.0774. The molecule has 1 aliphatic carbocycles. The number of benzene rings is 1. The highest BCUT2D eigenvalue weighted by Crippen LogP contribution is 2.26. The van der Waals surface area contributed by atoms with Gasteiger partial charge in [0, 0.05) is 19.8 Å². The Bertz CT molecular complexity index is 369. The van der Waals surface area contributed by atoms with Crippen LogP contribution in [0, 0.1) is 12.0 Å². The second-order valence-electron chi connectivity index (χ2n) is 3.98. The molecule has 0 heterocycles. The molecule has 0 spiro atoms. The third kappa shape index (κ3) is 3.01. The van der Waals surface area contributed by atoms with Gasteiger partial charge in [-0.05, 0) is 5.56 Å². The summed E-state index contributed by atoms with van der Waals surface area (Å²) in [4.78, 5) is 0. The Morgan fingerprint density at radius 3 is 2.62 bits per heavy atom. The lowest BCUT2D eigenvalue weighted by Crippen LogP contribution is -2.36. The van der Waals surface area contributed by atoms with Crippen LogP contribution in [0.3, 0.4) is 0 Å². The Kier molecular flexibility index (Phi) is 3.85. The summed E-state index contributed by atoms with van der Waals surface area (Å²) in [6.45, 7) is 2.47. The van der Waals surface area contributed by atoms with Crippen molar-refractivity contribution in [3.05, 3.63) is 35.9 Å². The van der Waals surface area contributed by atoms with Crippen LogP contribution in [-0.4, -0.2) is 12.2 Å². The summed E-state index contributed by atoms with van der Waals surface area (Å²) >= 11 is 0. The van der Waals surface area contributed by atoms with Gasteiger partial charge in [-0.1, -0.05) is 36.3 Å². The Morgan fingerprint density at radius 1 is 1.19 bits per heavy atom. The minimum absolute atomic E-state index is 0.272. The zero-order valence-electron chi connectivity index (χ0n) is 9.48. The first-order valence-electron chi connectivity index (χ1n) is 5.61. The Labute approximate surface area is 96.6 Å². The maximum atomic E-state index is 5.75. The van der Waals surface area contributed by atoms with E-state index in [1.807, 2.05) is 18.2 Å². The number of rotatable bonds is 4. The molecule has 0 atom stereocenters. The average molecular weight is 216 g/mol. The predicted octanol–water partition coefficient (Wildman–Crippen LogP) is 2.73. The fourth-order valence-corrected chi connectivity index (χ4v) is 1.68. The van der Waals surface area contributed by atoms with Crippen LogP contribution in [-0.2, 0) is 16.1 Å². The Hall–Kier alpha value is -1.46. The van der Waals surface area contributed by atoms with Gasteiger partial charge in [-0.2, -0.15) is 0 Å². The molecular weight excluding hydrogens is 200 g/mol. The van der Waals surface area contributed by atoms with Crippen LogP contribution >= 0.6 is 0 Å². The third-order valence-corrected chi connectivity index (χ3v) is 2.71. The SMILES string of the molecule is CC#COC1CC(OCc2ccccc2)C1. The molecule has 0 unspecified atom stereocenters. The van der Waals surface area contributed by atoms with Crippen LogP contribution in [0.4, 0.5) is 0 Å². The molecule has 1 aromatic carbocycles. The van der Waals surface area contributed by atoms with Crippen LogP contribution < -0.4 is 0 Å². The van der Waals surface area contributed by atoms with Gasteiger partial charge >= 0.3 is 0 Å². The zero-order chi connectivity index (χ0) is 11.2. The molecule has 1 aliphatic rings. The highest BCUT2D eigenvalue weighted by atomic mass is 16.5. The molecule has 0 bridgehead atoms. The number of ether oxygens (including phenoxy) is 2. The van der Waals surface area contributed by atoms with E-state index in [1.165, 1.54) is 5.56 Å². The van der Waals surface area contributed by atoms with E-state index in [1.54, 1.807) is 6.92 Å². The molecule has 2 heteroatoms. The van der Waals surface area contributed by atoms with E-state index in [9.17, 15) is 0 Å². The fourth-order valence-electron chi connectivity index (χ4n) is 1.68. The van der Waals surface area contributed by atoms with Crippen molar-refractivity contribution in [2.24, 2.45) is 0 Å². The number of hydrogen-bond acceptors (Lipinski definition) is 2. The van der Waals surface area contributed by atoms with Crippen LogP contribution in [0.1, 0.15) is 25.3 Å². The van der Waals surface area contributed by atoms with Crippen molar-refractivity contribution >= 4 is 0 Å². The van der Waals surface area contributed by atoms with Crippen LogP contribution in [0.15, 0.2) is 30.3 Å². The molecule has 0 amide bonds. The van der Waals surface area contributed by atoms with E-state index >= 15 is 0 Å². The molecule has 16 heavy (non-hydrogen) atoms. The quantitative estimate of drug-likeness (QED) is 0.720. The van der Waals surface area contributed by atoms with Crippen LogP contribution in [0.25, 0.3) is 0 Å². The first kappa shape index (κ1) is 11.0. The molecule has 0 radical (unpaired) electrons. The summed E-state index contributed by atoms with van der Waals surface area (Å²) in [6.07, 6.45) is 5.17. The summed E-state index contributed by atoms with van der Waals surface area (Å²) in [7, 11) is 0. The van der Waals surface area contributed by atoms with Gasteiger partial charge in [0.25, 0.3) is 0 Å². The van der Waals surface area contributed by atoms with Gasteiger partial charge < -0.3 is 9.47 Å². The molecule has 1 aromatic rings. The summed E-state index contributed by atoms with van der Waals surface area (Å²) in [5.41, 5.74) is 1.22. The lowest BCUT2D eigenvalue weighted by Gasteiger charge is -2.33. The van der Waals surface area contributed by atoms with E-state index in [0.717, 1.165) is 12.8 Å². The molecule has 0 N–H and O–H groups in total. The standard InChI is InChI=1S/C14H16O2/c1-2-8-15-13-9-14(10-13)16-11-12-6-4-3-5-7-12/h3-7,13-14H,9-11H2,1H3. The summed E-state index contributed by atoms with van der Waals surface area (Å²) in [6, 6.07) is 10.2. The molecule has 2 rings (SSSR count). The highest BCUT2D eigenvalue weighted by molar-refractivity contribution is 5.13. The molecule has 1 fully saturated rings. The van der Waals surface area contributed by atoms with Crippen molar-refractivity contribution in [3.8, 4) is 12.0 Å². The highest BCUT2D eigenvalue weighted by Gasteiger charge is 2.31. The van der Waals surface area contributed by atoms with Gasteiger partial charge in [0.1, 0.15) is 12.2 Å². The van der Waals surface area contributed by atoms with Crippen molar-refractivity contribution in [3.63, 3.8) is 0 Å². The van der Waals surface area contributed by atoms with Gasteiger partial charge in [0.05, 0.1) is 12.7 Å². The molecule has 0 aliphatic heterocycles. The lowest BCUT2D eigenvalue weighted by atomic mass is 9.92. The average Bonchev–Trinajstić information content (AvgIpc) is 2.28. The van der Waals surface area contributed by atoms with Crippen LogP contribution in [0.5, 0.6) is 0 Å². The molecule has 1 saturated carbocycles. The van der Waals surface area contributed by atoms with Gasteiger partial charge in [0.2, 0.25) is 0 Å².